The van der Waals surface area contributed by atoms with Crippen LogP contribution in [0.2, 0.25) is 5.02 Å². The maximum Gasteiger partial charge on any atom is 0.163 e. The van der Waals surface area contributed by atoms with Crippen molar-refractivity contribution < 1.29 is 0 Å². The molecule has 0 saturated carbocycles. The Morgan fingerprint density at radius 2 is 1.90 bits per heavy atom. The van der Waals surface area contributed by atoms with Crippen LogP contribution in [0.25, 0.3) is 22.3 Å². The van der Waals surface area contributed by atoms with Gasteiger partial charge in [0.05, 0.1) is 5.52 Å². The third-order valence-corrected chi connectivity index (χ3v) is 4.07. The number of aromatic nitrogens is 2. The minimum atomic E-state index is 0.470. The molecule has 3 nitrogen and oxygen atoms in total. The highest BCUT2D eigenvalue weighted by atomic mass is 35.5. The number of benzene rings is 2. The van der Waals surface area contributed by atoms with Gasteiger partial charge in [-0.1, -0.05) is 29.8 Å². The topological polar surface area (TPSA) is 51.8 Å². The van der Waals surface area contributed by atoms with Gasteiger partial charge in [-0.25, -0.2) is 9.97 Å². The standard InChI is InChI=1S/C15H12ClN3S/c1-20-13-5-3-2-4-11(13)15-18-12-8-9(16)6-7-10(12)14(17)19-15/h2-8H,1H3,(H2,17,18,19). The predicted octanol–water partition coefficient (Wildman–Crippen LogP) is 4.25. The van der Waals surface area contributed by atoms with Crippen molar-refractivity contribution in [3.05, 3.63) is 47.5 Å². The Labute approximate surface area is 126 Å². The molecule has 0 atom stereocenters. The second kappa shape index (κ2) is 5.31. The fourth-order valence-electron chi connectivity index (χ4n) is 2.08. The minimum absolute atomic E-state index is 0.470. The van der Waals surface area contributed by atoms with Gasteiger partial charge in [0.15, 0.2) is 5.82 Å². The summed E-state index contributed by atoms with van der Waals surface area (Å²) in [4.78, 5) is 10.1. The van der Waals surface area contributed by atoms with E-state index in [9.17, 15) is 0 Å². The number of nitrogens with two attached hydrogens (primary N) is 1. The number of anilines is 1. The van der Waals surface area contributed by atoms with Crippen molar-refractivity contribution >= 4 is 40.1 Å². The van der Waals surface area contributed by atoms with Crippen molar-refractivity contribution in [2.75, 3.05) is 12.0 Å². The van der Waals surface area contributed by atoms with Gasteiger partial charge in [-0.15, -0.1) is 11.8 Å². The lowest BCUT2D eigenvalue weighted by atomic mass is 10.2. The van der Waals surface area contributed by atoms with E-state index in [1.807, 2.05) is 36.6 Å². The molecule has 1 heterocycles. The van der Waals surface area contributed by atoms with Crippen molar-refractivity contribution in [3.8, 4) is 11.4 Å². The average molecular weight is 302 g/mol. The van der Waals surface area contributed by atoms with Crippen LogP contribution in [-0.4, -0.2) is 16.2 Å². The number of nitrogen functional groups attached to an aromatic ring is 1. The van der Waals surface area contributed by atoms with Crippen LogP contribution < -0.4 is 5.73 Å². The Morgan fingerprint density at radius 3 is 2.70 bits per heavy atom. The van der Waals surface area contributed by atoms with Crippen LogP contribution in [0.3, 0.4) is 0 Å². The molecule has 2 N–H and O–H groups in total. The number of thioether (sulfide) groups is 1. The Balaban J connectivity index is 2.26. The van der Waals surface area contributed by atoms with Gasteiger partial charge in [-0.3, -0.25) is 0 Å². The van der Waals surface area contributed by atoms with Crippen LogP contribution in [-0.2, 0) is 0 Å². The summed E-state index contributed by atoms with van der Waals surface area (Å²) in [6.07, 6.45) is 2.03. The third kappa shape index (κ3) is 2.32. The van der Waals surface area contributed by atoms with E-state index in [4.69, 9.17) is 17.3 Å². The lowest BCUT2D eigenvalue weighted by Gasteiger charge is -2.08. The molecule has 0 aliphatic carbocycles. The molecule has 2 aromatic carbocycles. The maximum absolute atomic E-state index is 6.03. The van der Waals surface area contributed by atoms with E-state index >= 15 is 0 Å². The van der Waals surface area contributed by atoms with E-state index in [1.54, 1.807) is 23.9 Å². The normalized spacial score (nSPS) is 10.9. The summed E-state index contributed by atoms with van der Waals surface area (Å²) in [6.45, 7) is 0. The average Bonchev–Trinajstić information content (AvgIpc) is 2.46. The number of rotatable bonds is 2. The lowest BCUT2D eigenvalue weighted by Crippen LogP contribution is -1.98. The zero-order valence-corrected chi connectivity index (χ0v) is 12.4. The van der Waals surface area contributed by atoms with Crippen LogP contribution in [0.15, 0.2) is 47.4 Å². The molecule has 20 heavy (non-hydrogen) atoms. The Bertz CT molecular complexity index is 789. The molecule has 3 rings (SSSR count). The molecule has 0 saturated heterocycles. The second-order valence-electron chi connectivity index (χ2n) is 4.29. The van der Waals surface area contributed by atoms with E-state index in [0.29, 0.717) is 16.7 Å². The monoisotopic (exact) mass is 301 g/mol. The number of hydrogen-bond acceptors (Lipinski definition) is 4. The van der Waals surface area contributed by atoms with Crippen molar-refractivity contribution in [1.29, 1.82) is 0 Å². The Morgan fingerprint density at radius 1 is 1.10 bits per heavy atom. The van der Waals surface area contributed by atoms with Gasteiger partial charge in [-0.2, -0.15) is 0 Å². The van der Waals surface area contributed by atoms with Crippen LogP contribution in [0.4, 0.5) is 5.82 Å². The summed E-state index contributed by atoms with van der Waals surface area (Å²) in [7, 11) is 0. The highest BCUT2D eigenvalue weighted by molar-refractivity contribution is 7.98. The molecule has 3 aromatic rings. The molecule has 1 aromatic heterocycles. The van der Waals surface area contributed by atoms with Crippen LogP contribution >= 0.6 is 23.4 Å². The fourth-order valence-corrected chi connectivity index (χ4v) is 2.84. The molecule has 0 amide bonds. The molecule has 0 spiro atoms. The van der Waals surface area contributed by atoms with Crippen LogP contribution in [0.1, 0.15) is 0 Å². The van der Waals surface area contributed by atoms with E-state index in [2.05, 4.69) is 9.97 Å². The predicted molar refractivity (Wildman–Crippen MR) is 86.2 cm³/mol. The summed E-state index contributed by atoms with van der Waals surface area (Å²) in [5, 5.41) is 1.46. The first-order valence-electron chi connectivity index (χ1n) is 6.05. The highest BCUT2D eigenvalue weighted by Crippen LogP contribution is 2.30. The van der Waals surface area contributed by atoms with Gasteiger partial charge in [-0.05, 0) is 30.5 Å². The van der Waals surface area contributed by atoms with Gasteiger partial charge in [0.1, 0.15) is 5.82 Å². The molecular formula is C15H12ClN3S. The molecule has 0 fully saturated rings. The SMILES string of the molecule is CSc1ccccc1-c1nc(N)c2ccc(Cl)cc2n1. The molecule has 0 unspecified atom stereocenters. The number of nitrogens with zero attached hydrogens (tertiary/aromatic N) is 2. The smallest absolute Gasteiger partial charge is 0.163 e. The molecule has 5 heteroatoms. The summed E-state index contributed by atoms with van der Waals surface area (Å²) >= 11 is 7.68. The summed E-state index contributed by atoms with van der Waals surface area (Å²) < 4.78 is 0. The van der Waals surface area contributed by atoms with E-state index < -0.39 is 0 Å². The summed E-state index contributed by atoms with van der Waals surface area (Å²) in [5.74, 6) is 1.10. The Kier molecular flexibility index (Phi) is 3.51. The highest BCUT2D eigenvalue weighted by Gasteiger charge is 2.10. The van der Waals surface area contributed by atoms with E-state index in [0.717, 1.165) is 21.4 Å². The summed E-state index contributed by atoms with van der Waals surface area (Å²) in [5.41, 5.74) is 7.78. The van der Waals surface area contributed by atoms with Gasteiger partial charge in [0, 0.05) is 20.9 Å². The van der Waals surface area contributed by atoms with E-state index in [-0.39, 0.29) is 0 Å². The van der Waals surface area contributed by atoms with Crippen molar-refractivity contribution in [2.24, 2.45) is 0 Å². The van der Waals surface area contributed by atoms with Crippen LogP contribution in [0.5, 0.6) is 0 Å². The third-order valence-electron chi connectivity index (χ3n) is 3.04. The maximum atomic E-state index is 6.03. The van der Waals surface area contributed by atoms with Crippen molar-refractivity contribution in [1.82, 2.24) is 9.97 Å². The van der Waals surface area contributed by atoms with Gasteiger partial charge in [0.25, 0.3) is 0 Å². The number of hydrogen-bond donors (Lipinski definition) is 1. The van der Waals surface area contributed by atoms with Crippen molar-refractivity contribution in [2.45, 2.75) is 4.90 Å². The second-order valence-corrected chi connectivity index (χ2v) is 5.58. The molecule has 0 aliphatic rings. The quantitative estimate of drug-likeness (QED) is 0.719. The van der Waals surface area contributed by atoms with Crippen LogP contribution in [0, 0.1) is 0 Å². The van der Waals surface area contributed by atoms with Crippen molar-refractivity contribution in [3.63, 3.8) is 0 Å². The number of halogens is 1. The van der Waals surface area contributed by atoms with Gasteiger partial charge < -0.3 is 5.73 Å². The first kappa shape index (κ1) is 13.2. The molecule has 0 aliphatic heterocycles. The fraction of sp³-hybridized carbons (Fsp3) is 0.0667. The molecule has 100 valence electrons. The largest absolute Gasteiger partial charge is 0.383 e. The molecule has 0 bridgehead atoms. The zero-order chi connectivity index (χ0) is 14.1. The van der Waals surface area contributed by atoms with Gasteiger partial charge in [0.2, 0.25) is 0 Å². The van der Waals surface area contributed by atoms with Gasteiger partial charge >= 0.3 is 0 Å². The first-order chi connectivity index (χ1) is 9.69. The molecular weight excluding hydrogens is 290 g/mol. The summed E-state index contributed by atoms with van der Waals surface area (Å²) in [6, 6.07) is 13.4. The minimum Gasteiger partial charge on any atom is -0.383 e. The first-order valence-corrected chi connectivity index (χ1v) is 7.65. The lowest BCUT2D eigenvalue weighted by molar-refractivity contribution is 1.21. The van der Waals surface area contributed by atoms with E-state index in [1.165, 1.54) is 0 Å². The number of fused-ring (bicyclic) bond motifs is 1. The Hall–Kier alpha value is -1.78. The molecule has 0 radical (unpaired) electrons. The zero-order valence-electron chi connectivity index (χ0n) is 10.8.